The van der Waals surface area contributed by atoms with Crippen molar-refractivity contribution in [2.45, 2.75) is 31.6 Å². The van der Waals surface area contributed by atoms with Gasteiger partial charge in [-0.05, 0) is 13.8 Å². The van der Waals surface area contributed by atoms with Crippen LogP contribution >= 0.6 is 11.8 Å². The van der Waals surface area contributed by atoms with Crippen LogP contribution in [-0.4, -0.2) is 40.1 Å². The monoisotopic (exact) mass is 248 g/mol. The SMILES string of the molecule is CNC(=O)SC(C)(C)C(NC(C)=O)C(=O)O. The Labute approximate surface area is 98.2 Å². The summed E-state index contributed by atoms with van der Waals surface area (Å²) in [4.78, 5) is 33.1. The Morgan fingerprint density at radius 2 is 1.81 bits per heavy atom. The van der Waals surface area contributed by atoms with E-state index in [1.54, 1.807) is 13.8 Å². The van der Waals surface area contributed by atoms with Crippen molar-refractivity contribution < 1.29 is 19.5 Å². The standard InChI is InChI=1S/C9H16N2O4S/c1-5(12)11-6(7(13)14)9(2,3)16-8(15)10-4/h6H,1-4H3,(H,10,15)(H,11,12)(H,13,14). The lowest BCUT2D eigenvalue weighted by Crippen LogP contribution is -2.52. The van der Waals surface area contributed by atoms with Crippen LogP contribution in [0.1, 0.15) is 20.8 Å². The van der Waals surface area contributed by atoms with Crippen molar-refractivity contribution in [3.63, 3.8) is 0 Å². The number of carboxylic acid groups (broad SMARTS) is 1. The Hall–Kier alpha value is -1.24. The number of hydrogen-bond acceptors (Lipinski definition) is 4. The summed E-state index contributed by atoms with van der Waals surface area (Å²) in [6.07, 6.45) is 0. The average molecular weight is 248 g/mol. The van der Waals surface area contributed by atoms with E-state index in [4.69, 9.17) is 5.11 Å². The highest BCUT2D eigenvalue weighted by Crippen LogP contribution is 2.28. The lowest BCUT2D eigenvalue weighted by atomic mass is 10.0. The van der Waals surface area contributed by atoms with Crippen LogP contribution < -0.4 is 10.6 Å². The van der Waals surface area contributed by atoms with E-state index in [-0.39, 0.29) is 5.24 Å². The van der Waals surface area contributed by atoms with Crippen LogP contribution in [-0.2, 0) is 9.59 Å². The van der Waals surface area contributed by atoms with Crippen molar-refractivity contribution in [1.29, 1.82) is 0 Å². The molecule has 7 heteroatoms. The molecule has 0 saturated carbocycles. The van der Waals surface area contributed by atoms with Crippen molar-refractivity contribution in [2.75, 3.05) is 7.05 Å². The normalized spacial score (nSPS) is 12.8. The summed E-state index contributed by atoms with van der Waals surface area (Å²) >= 11 is 0.835. The number of carboxylic acids is 1. The summed E-state index contributed by atoms with van der Waals surface area (Å²) in [5.41, 5.74) is 0. The summed E-state index contributed by atoms with van der Waals surface area (Å²) in [6, 6.07) is -1.12. The molecule has 0 fully saturated rings. The molecule has 0 saturated heterocycles. The van der Waals surface area contributed by atoms with E-state index in [1.165, 1.54) is 14.0 Å². The van der Waals surface area contributed by atoms with Gasteiger partial charge in [0, 0.05) is 14.0 Å². The number of thioether (sulfide) groups is 1. The molecule has 0 aliphatic rings. The molecule has 1 atom stereocenters. The first-order valence-electron chi connectivity index (χ1n) is 4.61. The zero-order valence-electron chi connectivity index (χ0n) is 9.66. The van der Waals surface area contributed by atoms with Gasteiger partial charge >= 0.3 is 5.97 Å². The van der Waals surface area contributed by atoms with E-state index in [2.05, 4.69) is 10.6 Å². The summed E-state index contributed by atoms with van der Waals surface area (Å²) in [6.45, 7) is 4.40. The molecule has 0 aromatic carbocycles. The molecule has 2 amide bonds. The van der Waals surface area contributed by atoms with Gasteiger partial charge in [-0.2, -0.15) is 0 Å². The third-order valence-corrected chi connectivity index (χ3v) is 3.00. The van der Waals surface area contributed by atoms with Gasteiger partial charge in [0.05, 0.1) is 4.75 Å². The summed E-state index contributed by atoms with van der Waals surface area (Å²) in [7, 11) is 1.46. The van der Waals surface area contributed by atoms with Crippen LogP contribution in [0, 0.1) is 0 Å². The van der Waals surface area contributed by atoms with Gasteiger partial charge in [0.25, 0.3) is 5.24 Å². The van der Waals surface area contributed by atoms with Gasteiger partial charge < -0.3 is 15.7 Å². The van der Waals surface area contributed by atoms with Crippen LogP contribution in [0.25, 0.3) is 0 Å². The first-order chi connectivity index (χ1) is 7.20. The van der Waals surface area contributed by atoms with Gasteiger partial charge in [-0.3, -0.25) is 9.59 Å². The molecule has 1 unspecified atom stereocenters. The fourth-order valence-corrected chi connectivity index (χ4v) is 1.94. The highest BCUT2D eigenvalue weighted by atomic mass is 32.2. The van der Waals surface area contributed by atoms with E-state index in [9.17, 15) is 14.4 Å². The lowest BCUT2D eigenvalue weighted by molar-refractivity contribution is -0.142. The maximum absolute atomic E-state index is 11.2. The highest BCUT2D eigenvalue weighted by molar-refractivity contribution is 8.14. The number of carbonyl (C=O) groups is 3. The van der Waals surface area contributed by atoms with E-state index in [0.717, 1.165) is 11.8 Å². The fraction of sp³-hybridized carbons (Fsp3) is 0.667. The van der Waals surface area contributed by atoms with Crippen LogP contribution in [0.2, 0.25) is 0 Å². The van der Waals surface area contributed by atoms with Gasteiger partial charge in [-0.1, -0.05) is 11.8 Å². The Bertz CT molecular complexity index is 304. The highest BCUT2D eigenvalue weighted by Gasteiger charge is 2.38. The molecule has 0 bridgehead atoms. The topological polar surface area (TPSA) is 95.5 Å². The van der Waals surface area contributed by atoms with Crippen molar-refractivity contribution in [1.82, 2.24) is 10.6 Å². The number of carbonyl (C=O) groups excluding carboxylic acids is 2. The Kier molecular flexibility index (Phi) is 5.29. The van der Waals surface area contributed by atoms with Crippen LogP contribution in [0.3, 0.4) is 0 Å². The van der Waals surface area contributed by atoms with Gasteiger partial charge in [0.15, 0.2) is 0 Å². The maximum Gasteiger partial charge on any atom is 0.327 e. The fourth-order valence-electron chi connectivity index (χ4n) is 1.09. The molecule has 0 rings (SSSR count). The first-order valence-corrected chi connectivity index (χ1v) is 5.43. The third kappa shape index (κ3) is 4.52. The zero-order valence-corrected chi connectivity index (χ0v) is 10.5. The van der Waals surface area contributed by atoms with Crippen molar-refractivity contribution in [2.24, 2.45) is 0 Å². The van der Waals surface area contributed by atoms with Crippen molar-refractivity contribution in [3.8, 4) is 0 Å². The molecular weight excluding hydrogens is 232 g/mol. The largest absolute Gasteiger partial charge is 0.480 e. The van der Waals surface area contributed by atoms with Crippen LogP contribution in [0.4, 0.5) is 4.79 Å². The minimum atomic E-state index is -1.17. The smallest absolute Gasteiger partial charge is 0.327 e. The number of amides is 2. The number of rotatable bonds is 4. The van der Waals surface area contributed by atoms with Gasteiger partial charge in [-0.25, -0.2) is 4.79 Å². The molecule has 16 heavy (non-hydrogen) atoms. The molecule has 0 aliphatic carbocycles. The molecular formula is C9H16N2O4S. The second-order valence-corrected chi connectivity index (χ2v) is 5.34. The Balaban J connectivity index is 4.81. The molecule has 0 heterocycles. The van der Waals surface area contributed by atoms with E-state index < -0.39 is 22.7 Å². The molecule has 0 aliphatic heterocycles. The zero-order chi connectivity index (χ0) is 12.9. The van der Waals surface area contributed by atoms with E-state index in [1.807, 2.05) is 0 Å². The third-order valence-electron chi connectivity index (χ3n) is 1.85. The quantitative estimate of drug-likeness (QED) is 0.670. The molecule has 92 valence electrons. The molecule has 0 aromatic heterocycles. The number of nitrogens with one attached hydrogen (secondary N) is 2. The minimum absolute atomic E-state index is 0.346. The Morgan fingerprint density at radius 3 is 2.12 bits per heavy atom. The second kappa shape index (κ2) is 5.74. The predicted molar refractivity (Wildman–Crippen MR) is 61.4 cm³/mol. The number of aliphatic carboxylic acids is 1. The van der Waals surface area contributed by atoms with E-state index >= 15 is 0 Å². The minimum Gasteiger partial charge on any atom is -0.480 e. The Morgan fingerprint density at radius 1 is 1.31 bits per heavy atom. The average Bonchev–Trinajstić information content (AvgIpc) is 2.12. The van der Waals surface area contributed by atoms with Crippen molar-refractivity contribution >= 4 is 28.9 Å². The van der Waals surface area contributed by atoms with E-state index in [0.29, 0.717) is 0 Å². The number of hydrogen-bond donors (Lipinski definition) is 3. The summed E-state index contributed by atoms with van der Waals surface area (Å²) < 4.78 is -0.933. The summed E-state index contributed by atoms with van der Waals surface area (Å²) in [5, 5.41) is 13.3. The molecule has 3 N–H and O–H groups in total. The van der Waals surface area contributed by atoms with Gasteiger partial charge in [0.2, 0.25) is 5.91 Å². The summed E-state index contributed by atoms with van der Waals surface area (Å²) in [5.74, 6) is -1.62. The van der Waals surface area contributed by atoms with Crippen LogP contribution in [0.15, 0.2) is 0 Å². The maximum atomic E-state index is 11.2. The molecule has 0 aromatic rings. The van der Waals surface area contributed by atoms with Crippen LogP contribution in [0.5, 0.6) is 0 Å². The molecule has 0 spiro atoms. The second-order valence-electron chi connectivity index (χ2n) is 3.71. The van der Waals surface area contributed by atoms with Gasteiger partial charge in [-0.15, -0.1) is 0 Å². The van der Waals surface area contributed by atoms with Gasteiger partial charge in [0.1, 0.15) is 6.04 Å². The lowest BCUT2D eigenvalue weighted by Gasteiger charge is -2.29. The molecule has 6 nitrogen and oxygen atoms in total. The first kappa shape index (κ1) is 14.8. The van der Waals surface area contributed by atoms with Crippen molar-refractivity contribution in [3.05, 3.63) is 0 Å². The predicted octanol–water partition coefficient (Wildman–Crippen LogP) is 0.427. The molecule has 0 radical (unpaired) electrons.